The first-order chi connectivity index (χ1) is 12.9. The highest BCUT2D eigenvalue weighted by Gasteiger charge is 2.31. The van der Waals surface area contributed by atoms with Gasteiger partial charge in [-0.2, -0.15) is 0 Å². The Bertz CT molecular complexity index is 823. The molecule has 0 bridgehead atoms. The van der Waals surface area contributed by atoms with Crippen molar-refractivity contribution in [1.82, 2.24) is 5.32 Å². The molecule has 0 radical (unpaired) electrons. The third-order valence-electron chi connectivity index (χ3n) is 3.18. The highest BCUT2D eigenvalue weighted by atomic mass is 19.4. The van der Waals surface area contributed by atoms with Gasteiger partial charge in [-0.3, -0.25) is 4.79 Å². The Morgan fingerprint density at radius 3 is 2.33 bits per heavy atom. The number of alkyl halides is 3. The second kappa shape index (κ2) is 9.38. The van der Waals surface area contributed by atoms with Crippen LogP contribution in [0.5, 0.6) is 17.2 Å². The quantitative estimate of drug-likeness (QED) is 0.782. The number of para-hydroxylation sites is 2. The smallest absolute Gasteiger partial charge is 0.493 e. The Balaban J connectivity index is 1.77. The van der Waals surface area contributed by atoms with E-state index in [9.17, 15) is 18.0 Å². The van der Waals surface area contributed by atoms with E-state index in [1.807, 2.05) is 6.07 Å². The highest BCUT2D eigenvalue weighted by molar-refractivity contribution is 5.94. The van der Waals surface area contributed by atoms with Gasteiger partial charge in [0.15, 0.2) is 11.5 Å². The standard InChI is InChI=1S/C19H16F3NO4/c1-25-16-6-2-3-7-17(16)26-13-5-4-12-23-18(24)14-8-10-15(11-9-14)27-19(20,21)22/h2-3,6-11H,12-13H2,1H3,(H,23,24). The zero-order valence-electron chi connectivity index (χ0n) is 14.3. The number of ether oxygens (including phenoxy) is 3. The summed E-state index contributed by atoms with van der Waals surface area (Å²) in [7, 11) is 1.53. The topological polar surface area (TPSA) is 56.8 Å². The summed E-state index contributed by atoms with van der Waals surface area (Å²) in [4.78, 5) is 11.9. The van der Waals surface area contributed by atoms with Crippen LogP contribution < -0.4 is 19.5 Å². The molecule has 142 valence electrons. The van der Waals surface area contributed by atoms with Gasteiger partial charge in [-0.25, -0.2) is 0 Å². The van der Waals surface area contributed by atoms with Crippen LogP contribution >= 0.6 is 0 Å². The molecule has 8 heteroatoms. The van der Waals surface area contributed by atoms with Crippen molar-refractivity contribution >= 4 is 5.91 Å². The molecule has 1 amide bonds. The van der Waals surface area contributed by atoms with Crippen molar-refractivity contribution < 1.29 is 32.2 Å². The van der Waals surface area contributed by atoms with Gasteiger partial charge in [-0.1, -0.05) is 24.0 Å². The number of benzene rings is 2. The van der Waals surface area contributed by atoms with E-state index in [0.29, 0.717) is 11.5 Å². The Kier molecular flexibility index (Phi) is 6.94. The molecule has 27 heavy (non-hydrogen) atoms. The summed E-state index contributed by atoms with van der Waals surface area (Å²) < 4.78 is 50.6. The molecule has 2 rings (SSSR count). The number of halogens is 3. The van der Waals surface area contributed by atoms with Gasteiger partial charge in [0.25, 0.3) is 5.91 Å². The van der Waals surface area contributed by atoms with Gasteiger partial charge in [0.2, 0.25) is 0 Å². The van der Waals surface area contributed by atoms with Crippen LogP contribution in [0.25, 0.3) is 0 Å². The minimum Gasteiger partial charge on any atom is -0.493 e. The summed E-state index contributed by atoms with van der Waals surface area (Å²) in [6, 6.07) is 11.7. The maximum absolute atomic E-state index is 12.1. The van der Waals surface area contributed by atoms with Crippen LogP contribution in [0.2, 0.25) is 0 Å². The van der Waals surface area contributed by atoms with Crippen molar-refractivity contribution in [1.29, 1.82) is 0 Å². The number of methoxy groups -OCH3 is 1. The lowest BCUT2D eigenvalue weighted by atomic mass is 10.2. The molecule has 2 aromatic carbocycles. The highest BCUT2D eigenvalue weighted by Crippen LogP contribution is 2.25. The van der Waals surface area contributed by atoms with Crippen LogP contribution in [0.4, 0.5) is 13.2 Å². The first kappa shape index (κ1) is 20.0. The first-order valence-corrected chi connectivity index (χ1v) is 7.74. The van der Waals surface area contributed by atoms with Gasteiger partial charge >= 0.3 is 6.36 Å². The molecule has 0 aliphatic heterocycles. The number of nitrogens with one attached hydrogen (secondary N) is 1. The molecule has 0 fully saturated rings. The second-order valence-corrected chi connectivity index (χ2v) is 5.05. The van der Waals surface area contributed by atoms with Crippen molar-refractivity contribution in [2.24, 2.45) is 0 Å². The van der Waals surface area contributed by atoms with Crippen LogP contribution in [0.3, 0.4) is 0 Å². The first-order valence-electron chi connectivity index (χ1n) is 7.74. The predicted octanol–water partition coefficient (Wildman–Crippen LogP) is 3.41. The van der Waals surface area contributed by atoms with Crippen molar-refractivity contribution in [3.8, 4) is 29.1 Å². The largest absolute Gasteiger partial charge is 0.573 e. The van der Waals surface area contributed by atoms with Gasteiger partial charge in [-0.05, 0) is 36.4 Å². The van der Waals surface area contributed by atoms with E-state index in [2.05, 4.69) is 21.9 Å². The Hall–Kier alpha value is -3.34. The number of hydrogen-bond acceptors (Lipinski definition) is 4. The van der Waals surface area contributed by atoms with Gasteiger partial charge in [0.1, 0.15) is 12.4 Å². The fourth-order valence-electron chi connectivity index (χ4n) is 2.00. The zero-order chi connectivity index (χ0) is 19.7. The minimum absolute atomic E-state index is 0.0644. The molecule has 0 saturated heterocycles. The number of hydrogen-bond donors (Lipinski definition) is 1. The Morgan fingerprint density at radius 2 is 1.70 bits per heavy atom. The monoisotopic (exact) mass is 379 g/mol. The lowest BCUT2D eigenvalue weighted by molar-refractivity contribution is -0.274. The van der Waals surface area contributed by atoms with Crippen molar-refractivity contribution in [2.45, 2.75) is 6.36 Å². The minimum atomic E-state index is -4.77. The summed E-state index contributed by atoms with van der Waals surface area (Å²) >= 11 is 0. The molecule has 0 unspecified atom stereocenters. The van der Waals surface area contributed by atoms with Gasteiger partial charge in [-0.15, -0.1) is 13.2 Å². The molecule has 0 spiro atoms. The van der Waals surface area contributed by atoms with E-state index in [0.717, 1.165) is 12.1 Å². The molecule has 5 nitrogen and oxygen atoms in total. The zero-order valence-corrected chi connectivity index (χ0v) is 14.3. The molecule has 2 aromatic rings. The van der Waals surface area contributed by atoms with Crippen LogP contribution in [-0.4, -0.2) is 32.5 Å². The fraction of sp³-hybridized carbons (Fsp3) is 0.211. The summed E-state index contributed by atoms with van der Waals surface area (Å²) in [6.45, 7) is 0.175. The van der Waals surface area contributed by atoms with Crippen molar-refractivity contribution in [3.05, 3.63) is 54.1 Å². The molecular weight excluding hydrogens is 363 g/mol. The molecule has 0 saturated carbocycles. The lowest BCUT2D eigenvalue weighted by Gasteiger charge is -2.09. The molecule has 0 heterocycles. The molecule has 0 aliphatic carbocycles. The molecule has 0 atom stereocenters. The third-order valence-corrected chi connectivity index (χ3v) is 3.18. The summed E-state index contributed by atoms with van der Waals surface area (Å²) in [5.41, 5.74) is 0.191. The number of rotatable bonds is 6. The maximum Gasteiger partial charge on any atom is 0.573 e. The number of carbonyl (C=O) groups excluding carboxylic acids is 1. The van der Waals surface area contributed by atoms with Gasteiger partial charge in [0.05, 0.1) is 13.7 Å². The van der Waals surface area contributed by atoms with Crippen LogP contribution in [0.15, 0.2) is 48.5 Å². The SMILES string of the molecule is COc1ccccc1OCC#CCNC(=O)c1ccc(OC(F)(F)F)cc1. The van der Waals surface area contributed by atoms with Gasteiger partial charge in [0, 0.05) is 5.56 Å². The summed E-state index contributed by atoms with van der Waals surface area (Å²) in [5, 5.41) is 2.53. The Labute approximate surface area is 154 Å². The van der Waals surface area contributed by atoms with E-state index in [1.165, 1.54) is 19.2 Å². The van der Waals surface area contributed by atoms with Crippen molar-refractivity contribution in [3.63, 3.8) is 0 Å². The van der Waals surface area contributed by atoms with E-state index < -0.39 is 18.0 Å². The maximum atomic E-state index is 12.1. The van der Waals surface area contributed by atoms with E-state index in [1.54, 1.807) is 18.2 Å². The van der Waals surface area contributed by atoms with E-state index in [4.69, 9.17) is 9.47 Å². The second-order valence-electron chi connectivity index (χ2n) is 5.05. The fourth-order valence-corrected chi connectivity index (χ4v) is 2.00. The van der Waals surface area contributed by atoms with Crippen LogP contribution in [0, 0.1) is 11.8 Å². The third kappa shape index (κ3) is 6.82. The summed E-state index contributed by atoms with van der Waals surface area (Å²) in [5.74, 6) is 5.74. The Morgan fingerprint density at radius 1 is 1.04 bits per heavy atom. The van der Waals surface area contributed by atoms with Gasteiger partial charge < -0.3 is 19.5 Å². The van der Waals surface area contributed by atoms with Crippen molar-refractivity contribution in [2.75, 3.05) is 20.3 Å². The average Bonchev–Trinajstić information content (AvgIpc) is 2.64. The number of carbonyl (C=O) groups is 1. The number of amides is 1. The van der Waals surface area contributed by atoms with Crippen LogP contribution in [-0.2, 0) is 0 Å². The van der Waals surface area contributed by atoms with Crippen LogP contribution in [0.1, 0.15) is 10.4 Å². The molecular formula is C19H16F3NO4. The molecule has 0 aromatic heterocycles. The average molecular weight is 379 g/mol. The van der Waals surface area contributed by atoms with E-state index in [-0.39, 0.29) is 18.7 Å². The lowest BCUT2D eigenvalue weighted by Crippen LogP contribution is -2.23. The molecule has 0 aliphatic rings. The normalized spacial score (nSPS) is 10.4. The predicted molar refractivity (Wildman–Crippen MR) is 91.7 cm³/mol. The van der Waals surface area contributed by atoms with E-state index >= 15 is 0 Å². The molecule has 1 N–H and O–H groups in total. The summed E-state index contributed by atoms with van der Waals surface area (Å²) in [6.07, 6.45) is -4.77.